The Labute approximate surface area is 129 Å². The SMILES string of the molecule is O=C(Cc1nc(CSc2ccccc2Br)no1)C1CC1. The number of carbonyl (C=O) groups is 1. The van der Waals surface area contributed by atoms with Crippen LogP contribution in [0, 0.1) is 5.92 Å². The quantitative estimate of drug-likeness (QED) is 0.742. The van der Waals surface area contributed by atoms with Crippen molar-refractivity contribution in [3.63, 3.8) is 0 Å². The van der Waals surface area contributed by atoms with Crippen LogP contribution in [0.1, 0.15) is 24.6 Å². The Morgan fingerprint density at radius 1 is 1.40 bits per heavy atom. The van der Waals surface area contributed by atoms with Crippen LogP contribution < -0.4 is 0 Å². The summed E-state index contributed by atoms with van der Waals surface area (Å²) in [5, 5.41) is 3.92. The van der Waals surface area contributed by atoms with Crippen LogP contribution >= 0.6 is 27.7 Å². The Hall–Kier alpha value is -1.14. The van der Waals surface area contributed by atoms with Gasteiger partial charge >= 0.3 is 0 Å². The highest BCUT2D eigenvalue weighted by Crippen LogP contribution is 2.31. The molecule has 0 N–H and O–H groups in total. The zero-order chi connectivity index (χ0) is 13.9. The van der Waals surface area contributed by atoms with Crippen LogP contribution in [0.25, 0.3) is 0 Å². The first-order valence-electron chi connectivity index (χ1n) is 6.44. The normalized spacial score (nSPS) is 14.4. The fourth-order valence-corrected chi connectivity index (χ4v) is 3.23. The van der Waals surface area contributed by atoms with E-state index in [-0.39, 0.29) is 18.1 Å². The molecule has 3 rings (SSSR count). The summed E-state index contributed by atoms with van der Waals surface area (Å²) in [5.41, 5.74) is 0. The van der Waals surface area contributed by atoms with Crippen molar-refractivity contribution in [1.29, 1.82) is 0 Å². The minimum atomic E-state index is 0.221. The van der Waals surface area contributed by atoms with Crippen LogP contribution in [0.4, 0.5) is 0 Å². The van der Waals surface area contributed by atoms with Crippen LogP contribution in [0.2, 0.25) is 0 Å². The summed E-state index contributed by atoms with van der Waals surface area (Å²) in [6.07, 6.45) is 2.30. The van der Waals surface area contributed by atoms with Crippen molar-refractivity contribution >= 4 is 33.5 Å². The summed E-state index contributed by atoms with van der Waals surface area (Å²) in [4.78, 5) is 17.1. The molecule has 0 amide bonds. The molecule has 0 bridgehead atoms. The lowest BCUT2D eigenvalue weighted by molar-refractivity contribution is -0.119. The Morgan fingerprint density at radius 3 is 2.95 bits per heavy atom. The summed E-state index contributed by atoms with van der Waals surface area (Å²) in [6.45, 7) is 0. The monoisotopic (exact) mass is 352 g/mol. The maximum Gasteiger partial charge on any atom is 0.234 e. The highest BCUT2D eigenvalue weighted by Gasteiger charge is 2.30. The zero-order valence-corrected chi connectivity index (χ0v) is 13.1. The summed E-state index contributed by atoms with van der Waals surface area (Å²) in [7, 11) is 0. The molecule has 0 spiro atoms. The average Bonchev–Trinajstić information content (AvgIpc) is 3.20. The van der Waals surface area contributed by atoms with Gasteiger partial charge in [-0.3, -0.25) is 4.79 Å². The maximum atomic E-state index is 11.7. The van der Waals surface area contributed by atoms with Crippen LogP contribution in [0.5, 0.6) is 0 Å². The molecular formula is C14H13BrN2O2S. The minimum Gasteiger partial charge on any atom is -0.339 e. The number of hydrogen-bond donors (Lipinski definition) is 0. The fraction of sp³-hybridized carbons (Fsp3) is 0.357. The number of aromatic nitrogens is 2. The van der Waals surface area contributed by atoms with Gasteiger partial charge in [0.1, 0.15) is 5.78 Å². The van der Waals surface area contributed by atoms with Gasteiger partial charge in [-0.2, -0.15) is 4.98 Å². The molecule has 0 atom stereocenters. The second kappa shape index (κ2) is 6.10. The van der Waals surface area contributed by atoms with Crippen molar-refractivity contribution in [2.75, 3.05) is 0 Å². The highest BCUT2D eigenvalue weighted by molar-refractivity contribution is 9.10. The van der Waals surface area contributed by atoms with E-state index in [1.165, 1.54) is 0 Å². The van der Waals surface area contributed by atoms with Crippen LogP contribution in [-0.4, -0.2) is 15.9 Å². The van der Waals surface area contributed by atoms with Gasteiger partial charge in [-0.05, 0) is 40.9 Å². The lowest BCUT2D eigenvalue weighted by Gasteiger charge is -2.00. The Morgan fingerprint density at radius 2 is 2.20 bits per heavy atom. The van der Waals surface area contributed by atoms with E-state index in [0.29, 0.717) is 17.5 Å². The third-order valence-electron chi connectivity index (χ3n) is 3.06. The van der Waals surface area contributed by atoms with Gasteiger partial charge in [0.15, 0.2) is 5.82 Å². The lowest BCUT2D eigenvalue weighted by Crippen LogP contribution is -2.04. The molecule has 4 nitrogen and oxygen atoms in total. The van der Waals surface area contributed by atoms with E-state index in [1.807, 2.05) is 24.3 Å². The molecule has 1 aromatic carbocycles. The second-order valence-corrected chi connectivity index (χ2v) is 6.61. The Balaban J connectivity index is 1.57. The molecule has 1 aromatic heterocycles. The summed E-state index contributed by atoms with van der Waals surface area (Å²) >= 11 is 5.14. The predicted molar refractivity (Wildman–Crippen MR) is 79.4 cm³/mol. The van der Waals surface area contributed by atoms with Crippen molar-refractivity contribution in [3.05, 3.63) is 40.5 Å². The van der Waals surface area contributed by atoms with Gasteiger partial charge in [-0.15, -0.1) is 11.8 Å². The summed E-state index contributed by atoms with van der Waals surface area (Å²) < 4.78 is 6.18. The molecule has 1 saturated carbocycles. The molecule has 1 aliphatic rings. The maximum absolute atomic E-state index is 11.7. The third kappa shape index (κ3) is 3.49. The third-order valence-corrected chi connectivity index (χ3v) is 5.09. The number of halogens is 1. The van der Waals surface area contributed by atoms with Crippen molar-refractivity contribution in [2.24, 2.45) is 5.92 Å². The van der Waals surface area contributed by atoms with E-state index < -0.39 is 0 Å². The highest BCUT2D eigenvalue weighted by atomic mass is 79.9. The predicted octanol–water partition coefficient (Wildman–Crippen LogP) is 3.65. The minimum absolute atomic E-state index is 0.221. The molecule has 2 aromatic rings. The molecule has 6 heteroatoms. The largest absolute Gasteiger partial charge is 0.339 e. The van der Waals surface area contributed by atoms with Crippen molar-refractivity contribution < 1.29 is 9.32 Å². The topological polar surface area (TPSA) is 56.0 Å². The Kier molecular flexibility index (Phi) is 4.21. The number of benzene rings is 1. The fourth-order valence-electron chi connectivity index (χ4n) is 1.82. The van der Waals surface area contributed by atoms with Crippen LogP contribution in [0.15, 0.2) is 38.2 Å². The van der Waals surface area contributed by atoms with Crippen molar-refractivity contribution in [3.8, 4) is 0 Å². The molecular weight excluding hydrogens is 340 g/mol. The molecule has 0 radical (unpaired) electrons. The number of ketones is 1. The van der Waals surface area contributed by atoms with E-state index in [4.69, 9.17) is 4.52 Å². The molecule has 1 aliphatic carbocycles. The van der Waals surface area contributed by atoms with Gasteiger partial charge in [-0.1, -0.05) is 17.3 Å². The molecule has 1 fully saturated rings. The van der Waals surface area contributed by atoms with Crippen molar-refractivity contribution in [1.82, 2.24) is 10.1 Å². The van der Waals surface area contributed by atoms with Gasteiger partial charge in [0.25, 0.3) is 0 Å². The van der Waals surface area contributed by atoms with Gasteiger partial charge in [0.05, 0.1) is 12.2 Å². The molecule has 20 heavy (non-hydrogen) atoms. The van der Waals surface area contributed by atoms with E-state index in [2.05, 4.69) is 26.1 Å². The molecule has 0 unspecified atom stereocenters. The van der Waals surface area contributed by atoms with Gasteiger partial charge in [0, 0.05) is 15.3 Å². The van der Waals surface area contributed by atoms with E-state index >= 15 is 0 Å². The first kappa shape index (κ1) is 13.8. The van der Waals surface area contributed by atoms with E-state index in [9.17, 15) is 4.79 Å². The lowest BCUT2D eigenvalue weighted by atomic mass is 10.2. The molecule has 1 heterocycles. The molecule has 0 saturated heterocycles. The van der Waals surface area contributed by atoms with Gasteiger partial charge < -0.3 is 4.52 Å². The average molecular weight is 353 g/mol. The van der Waals surface area contributed by atoms with E-state index in [1.54, 1.807) is 11.8 Å². The number of carbonyl (C=O) groups excluding carboxylic acids is 1. The number of Topliss-reactive ketones (excluding diaryl/α,β-unsaturated/α-hetero) is 1. The first-order chi connectivity index (χ1) is 9.72. The van der Waals surface area contributed by atoms with E-state index in [0.717, 1.165) is 22.2 Å². The number of thioether (sulfide) groups is 1. The number of rotatable bonds is 6. The summed E-state index contributed by atoms with van der Waals surface area (Å²) in [5.74, 6) is 2.15. The smallest absolute Gasteiger partial charge is 0.234 e. The molecule has 104 valence electrons. The van der Waals surface area contributed by atoms with Crippen molar-refractivity contribution in [2.45, 2.75) is 29.9 Å². The molecule has 0 aliphatic heterocycles. The van der Waals surface area contributed by atoms with Crippen LogP contribution in [0.3, 0.4) is 0 Å². The second-order valence-electron chi connectivity index (χ2n) is 4.74. The van der Waals surface area contributed by atoms with Gasteiger partial charge in [0.2, 0.25) is 5.89 Å². The Bertz CT molecular complexity index is 625. The summed E-state index contributed by atoms with van der Waals surface area (Å²) in [6, 6.07) is 8.00. The standard InChI is InChI=1S/C14H13BrN2O2S/c15-10-3-1-2-4-12(10)20-8-13-16-14(19-17-13)7-11(18)9-5-6-9/h1-4,9H,5-8H2. The number of hydrogen-bond acceptors (Lipinski definition) is 5. The van der Waals surface area contributed by atoms with Crippen LogP contribution in [-0.2, 0) is 17.0 Å². The first-order valence-corrected chi connectivity index (χ1v) is 8.22. The number of nitrogens with zero attached hydrogens (tertiary/aromatic N) is 2. The zero-order valence-electron chi connectivity index (χ0n) is 10.7. The van der Waals surface area contributed by atoms with Gasteiger partial charge in [-0.25, -0.2) is 0 Å².